The number of fused-ring (bicyclic) bond motifs is 2. The fourth-order valence-electron chi connectivity index (χ4n) is 5.71. The van der Waals surface area contributed by atoms with Crippen molar-refractivity contribution in [2.24, 2.45) is 0 Å². The fraction of sp³-hybridized carbons (Fsp3) is 0.379. The summed E-state index contributed by atoms with van der Waals surface area (Å²) in [6.07, 6.45) is 2.55. The zero-order chi connectivity index (χ0) is 29.0. The number of carbonyl (C=O) groups is 3. The first-order valence-electron chi connectivity index (χ1n) is 13.5. The minimum atomic E-state index is -1.44. The molecule has 1 atom stereocenters. The number of hydrogen-bond acceptors (Lipinski definition) is 6. The predicted octanol–water partition coefficient (Wildman–Crippen LogP) is 3.38. The number of carboxylic acids is 1. The molecule has 0 bridgehead atoms. The second-order valence-electron chi connectivity index (χ2n) is 10.7. The number of aromatic carboxylic acids is 1. The van der Waals surface area contributed by atoms with Crippen LogP contribution < -0.4 is 20.5 Å². The number of ether oxygens (including phenoxy) is 1. The Morgan fingerprint density at radius 2 is 1.83 bits per heavy atom. The highest BCUT2D eigenvalue weighted by molar-refractivity contribution is 5.94. The van der Waals surface area contributed by atoms with Crippen LogP contribution in [0.3, 0.4) is 0 Å². The number of cyclic esters (lactones) is 1. The van der Waals surface area contributed by atoms with E-state index in [4.69, 9.17) is 4.74 Å². The Morgan fingerprint density at radius 1 is 1.10 bits per heavy atom. The Labute approximate surface area is 233 Å². The lowest BCUT2D eigenvalue weighted by atomic mass is 10.0. The van der Waals surface area contributed by atoms with Gasteiger partial charge in [-0.25, -0.2) is 18.4 Å². The van der Waals surface area contributed by atoms with Crippen LogP contribution in [0.15, 0.2) is 35.3 Å². The summed E-state index contributed by atoms with van der Waals surface area (Å²) in [5.74, 6) is -3.45. The topological polar surface area (TPSA) is 121 Å². The van der Waals surface area contributed by atoms with Gasteiger partial charge < -0.3 is 24.6 Å². The summed E-state index contributed by atoms with van der Waals surface area (Å²) in [7, 11) is 0. The number of anilines is 2. The first-order valence-corrected chi connectivity index (χ1v) is 13.5. The van der Waals surface area contributed by atoms with Crippen LogP contribution in [0.2, 0.25) is 0 Å². The Kier molecular flexibility index (Phi) is 6.63. The minimum absolute atomic E-state index is 0.0793. The Hall–Kier alpha value is -4.48. The van der Waals surface area contributed by atoms with E-state index in [0.29, 0.717) is 37.9 Å². The summed E-state index contributed by atoms with van der Waals surface area (Å²) in [6.45, 7) is 2.49. The number of amides is 2. The Morgan fingerprint density at radius 3 is 2.51 bits per heavy atom. The molecule has 6 rings (SSSR count). The number of carbonyl (C=O) groups excluding carboxylic acids is 2. The monoisotopic (exact) mass is 566 g/mol. The molecule has 2 aromatic carbocycles. The van der Waals surface area contributed by atoms with E-state index in [9.17, 15) is 24.3 Å². The van der Waals surface area contributed by atoms with Gasteiger partial charge in [-0.05, 0) is 55.0 Å². The van der Waals surface area contributed by atoms with Crippen molar-refractivity contribution in [2.45, 2.75) is 44.8 Å². The zero-order valence-corrected chi connectivity index (χ0v) is 22.3. The maximum Gasteiger partial charge on any atom is 0.414 e. The first kappa shape index (κ1) is 26.7. The summed E-state index contributed by atoms with van der Waals surface area (Å²) in [4.78, 5) is 51.3. The molecular formula is C29H28F2N4O6. The van der Waals surface area contributed by atoms with Crippen LogP contribution in [0.4, 0.5) is 25.0 Å². The van der Waals surface area contributed by atoms with Gasteiger partial charge in [-0.15, -0.1) is 0 Å². The van der Waals surface area contributed by atoms with E-state index in [1.54, 1.807) is 4.90 Å². The van der Waals surface area contributed by atoms with E-state index < -0.39 is 40.8 Å². The molecule has 3 aromatic rings. The average Bonchev–Trinajstić information content (AvgIpc) is 3.73. The highest BCUT2D eigenvalue weighted by Gasteiger charge is 2.34. The molecule has 2 aliphatic heterocycles. The molecule has 10 nitrogen and oxygen atoms in total. The number of pyridine rings is 1. The maximum absolute atomic E-state index is 16.1. The largest absolute Gasteiger partial charge is 0.477 e. The number of rotatable bonds is 6. The van der Waals surface area contributed by atoms with Gasteiger partial charge in [0.15, 0.2) is 5.82 Å². The third kappa shape index (κ3) is 4.87. The number of nitrogens with zero attached hydrogens (tertiary/aromatic N) is 3. The summed E-state index contributed by atoms with van der Waals surface area (Å²) < 4.78 is 38.4. The second-order valence-corrected chi connectivity index (χ2v) is 10.7. The lowest BCUT2D eigenvalue weighted by molar-refractivity contribution is -0.119. The van der Waals surface area contributed by atoms with Gasteiger partial charge in [-0.2, -0.15) is 0 Å². The Bertz CT molecular complexity index is 1670. The first-order chi connectivity index (χ1) is 19.6. The molecule has 41 heavy (non-hydrogen) atoms. The molecule has 3 heterocycles. The van der Waals surface area contributed by atoms with E-state index in [-0.39, 0.29) is 48.2 Å². The van der Waals surface area contributed by atoms with Crippen LogP contribution in [0.25, 0.3) is 10.9 Å². The van der Waals surface area contributed by atoms with Crippen molar-refractivity contribution in [3.63, 3.8) is 0 Å². The number of nitrogens with one attached hydrogen (secondary N) is 1. The minimum Gasteiger partial charge on any atom is -0.477 e. The van der Waals surface area contributed by atoms with E-state index in [1.165, 1.54) is 22.6 Å². The molecule has 1 aromatic heterocycles. The molecular weight excluding hydrogens is 538 g/mol. The average molecular weight is 567 g/mol. The molecule has 2 amide bonds. The van der Waals surface area contributed by atoms with Crippen molar-refractivity contribution in [1.82, 2.24) is 9.88 Å². The lowest BCUT2D eigenvalue weighted by Gasteiger charge is -2.25. The number of carboxylic acid groups (broad SMARTS) is 1. The van der Waals surface area contributed by atoms with E-state index in [1.807, 2.05) is 18.2 Å². The molecule has 2 fully saturated rings. The highest BCUT2D eigenvalue weighted by atomic mass is 19.1. The summed E-state index contributed by atoms with van der Waals surface area (Å²) >= 11 is 0. The fourth-order valence-corrected chi connectivity index (χ4v) is 5.71. The van der Waals surface area contributed by atoms with E-state index in [2.05, 4.69) is 5.32 Å². The van der Waals surface area contributed by atoms with Crippen molar-refractivity contribution in [3.05, 3.63) is 69.0 Å². The van der Waals surface area contributed by atoms with Gasteiger partial charge >= 0.3 is 12.1 Å². The normalized spacial score (nSPS) is 18.7. The van der Waals surface area contributed by atoms with Crippen molar-refractivity contribution in [3.8, 4) is 0 Å². The van der Waals surface area contributed by atoms with Crippen LogP contribution >= 0.6 is 0 Å². The quantitative estimate of drug-likeness (QED) is 0.469. The van der Waals surface area contributed by atoms with Crippen LogP contribution in [0, 0.1) is 11.6 Å². The second kappa shape index (κ2) is 10.2. The number of halogens is 2. The van der Waals surface area contributed by atoms with Gasteiger partial charge in [0.1, 0.15) is 23.2 Å². The van der Waals surface area contributed by atoms with Gasteiger partial charge in [0.25, 0.3) is 0 Å². The SMILES string of the molecule is CC(=O)NC[C@H]1CN(c2ccc3c(c2)CCN(c2c(F)cc4c(=O)c(C(=O)O)cn(C5CC5)c4c2F)CC3)C(=O)O1. The molecule has 0 unspecified atom stereocenters. The molecule has 1 saturated carbocycles. The van der Waals surface area contributed by atoms with Gasteiger partial charge in [-0.1, -0.05) is 6.07 Å². The molecule has 2 N–H and O–H groups in total. The standard InChI is InChI=1S/C29H28F2N4O6/c1-15(36)32-12-20-13-35(29(40)41-20)19-3-2-16-6-8-33(9-7-17(16)10-19)26-23(30)11-21-25(24(26)31)34(18-4-5-18)14-22(27(21)37)28(38)39/h2-3,10-11,14,18,20H,4-9,12-13H2,1H3,(H,32,36)(H,38,39)/t20-/m0/s1. The molecule has 0 radical (unpaired) electrons. The van der Waals surface area contributed by atoms with E-state index >= 15 is 8.78 Å². The van der Waals surface area contributed by atoms with Crippen LogP contribution in [-0.4, -0.2) is 59.9 Å². The highest BCUT2D eigenvalue weighted by Crippen LogP contribution is 2.40. The summed E-state index contributed by atoms with van der Waals surface area (Å²) in [5, 5.41) is 11.8. The van der Waals surface area contributed by atoms with E-state index in [0.717, 1.165) is 17.2 Å². The third-order valence-corrected chi connectivity index (χ3v) is 7.93. The summed E-state index contributed by atoms with van der Waals surface area (Å²) in [5.41, 5.74) is 0.811. The number of hydrogen-bond donors (Lipinski definition) is 2. The van der Waals surface area contributed by atoms with Crippen molar-refractivity contribution >= 4 is 40.2 Å². The maximum atomic E-state index is 16.1. The molecule has 12 heteroatoms. The summed E-state index contributed by atoms with van der Waals surface area (Å²) in [6, 6.07) is 6.39. The third-order valence-electron chi connectivity index (χ3n) is 7.93. The van der Waals surface area contributed by atoms with Gasteiger partial charge in [0.2, 0.25) is 11.3 Å². The Balaban J connectivity index is 1.29. The van der Waals surface area contributed by atoms with Gasteiger partial charge in [0.05, 0.1) is 24.0 Å². The lowest BCUT2D eigenvalue weighted by Crippen LogP contribution is -2.33. The smallest absolute Gasteiger partial charge is 0.414 e. The zero-order valence-electron chi connectivity index (χ0n) is 22.3. The number of benzene rings is 2. The van der Waals surface area contributed by atoms with Crippen LogP contribution in [0.5, 0.6) is 0 Å². The molecule has 1 saturated heterocycles. The predicted molar refractivity (Wildman–Crippen MR) is 146 cm³/mol. The molecule has 214 valence electrons. The number of aromatic nitrogens is 1. The molecule has 1 aliphatic carbocycles. The van der Waals surface area contributed by atoms with Crippen LogP contribution in [0.1, 0.15) is 47.3 Å². The van der Waals surface area contributed by atoms with Gasteiger partial charge in [-0.3, -0.25) is 14.5 Å². The van der Waals surface area contributed by atoms with Crippen molar-refractivity contribution in [2.75, 3.05) is 36.0 Å². The molecule has 3 aliphatic rings. The van der Waals surface area contributed by atoms with Crippen molar-refractivity contribution < 1.29 is 33.0 Å². The van der Waals surface area contributed by atoms with Crippen molar-refractivity contribution in [1.29, 1.82) is 0 Å². The van der Waals surface area contributed by atoms with Crippen LogP contribution in [-0.2, 0) is 22.4 Å². The van der Waals surface area contributed by atoms with Gasteiger partial charge in [0, 0.05) is 37.9 Å². The molecule has 0 spiro atoms.